The first-order valence-corrected chi connectivity index (χ1v) is 5.71. The van der Waals surface area contributed by atoms with Gasteiger partial charge in [-0.25, -0.2) is 9.98 Å². The highest BCUT2D eigenvalue weighted by Gasteiger charge is 2.16. The first-order valence-electron chi connectivity index (χ1n) is 5.71. The van der Waals surface area contributed by atoms with Gasteiger partial charge in [0.05, 0.1) is 13.4 Å². The van der Waals surface area contributed by atoms with Crippen molar-refractivity contribution in [3.8, 4) is 0 Å². The molecule has 4 N–H and O–H groups in total. The van der Waals surface area contributed by atoms with Crippen LogP contribution in [0.4, 0.5) is 5.82 Å². The molecule has 1 aromatic heterocycles. The van der Waals surface area contributed by atoms with E-state index in [1.807, 2.05) is 25.3 Å². The van der Waals surface area contributed by atoms with Gasteiger partial charge in [0.25, 0.3) is 0 Å². The normalized spacial score (nSPS) is 14.1. The average molecular weight is 239 g/mol. The van der Waals surface area contributed by atoms with Crippen LogP contribution in [-0.4, -0.2) is 28.7 Å². The second kappa shape index (κ2) is 5.67. The monoisotopic (exact) mass is 239 g/mol. The lowest BCUT2D eigenvalue weighted by Crippen LogP contribution is -2.20. The van der Waals surface area contributed by atoms with E-state index < -0.39 is 0 Å². The van der Waals surface area contributed by atoms with E-state index in [4.69, 9.17) is 16.2 Å². The van der Waals surface area contributed by atoms with E-state index in [1.165, 1.54) is 7.11 Å². The van der Waals surface area contributed by atoms with E-state index in [0.717, 1.165) is 6.42 Å². The molecule has 1 heterocycles. The van der Waals surface area contributed by atoms with Crippen LogP contribution >= 0.6 is 0 Å². The molecule has 1 aromatic rings. The quantitative estimate of drug-likeness (QED) is 0.608. The summed E-state index contributed by atoms with van der Waals surface area (Å²) >= 11 is 0. The van der Waals surface area contributed by atoms with Gasteiger partial charge in [0.2, 0.25) is 5.90 Å². The van der Waals surface area contributed by atoms with Crippen molar-refractivity contribution in [1.29, 1.82) is 0 Å². The van der Waals surface area contributed by atoms with Gasteiger partial charge in [0.1, 0.15) is 12.0 Å². The summed E-state index contributed by atoms with van der Waals surface area (Å²) < 4.78 is 7.06. The number of hydrogen-bond acceptors (Lipinski definition) is 5. The highest BCUT2D eigenvalue weighted by molar-refractivity contribution is 5.96. The van der Waals surface area contributed by atoms with Gasteiger partial charge in [0, 0.05) is 6.04 Å². The summed E-state index contributed by atoms with van der Waals surface area (Å²) in [5, 5.41) is 0. The third-order valence-electron chi connectivity index (χ3n) is 2.49. The number of anilines is 1. The standard InChI is InChI=1S/C11H21N5O/c1-5-8(12)15-11(17-4)9-10(13)16(6-14-9)7(2)3/h6-8H,5,12-13H2,1-4H3/b15-11+. The number of ether oxygens (including phenoxy) is 1. The lowest BCUT2D eigenvalue weighted by atomic mass is 10.3. The third-order valence-corrected chi connectivity index (χ3v) is 2.49. The van der Waals surface area contributed by atoms with Crippen molar-refractivity contribution < 1.29 is 4.74 Å². The van der Waals surface area contributed by atoms with Crippen LogP contribution in [0.3, 0.4) is 0 Å². The zero-order valence-electron chi connectivity index (χ0n) is 10.8. The molecule has 17 heavy (non-hydrogen) atoms. The van der Waals surface area contributed by atoms with Crippen LogP contribution in [-0.2, 0) is 4.74 Å². The molecule has 0 radical (unpaired) electrons. The van der Waals surface area contributed by atoms with Crippen molar-refractivity contribution in [2.75, 3.05) is 12.8 Å². The lowest BCUT2D eigenvalue weighted by molar-refractivity contribution is 0.397. The maximum absolute atomic E-state index is 6.00. The molecule has 0 saturated heterocycles. The van der Waals surface area contributed by atoms with Crippen LogP contribution in [0.1, 0.15) is 38.9 Å². The maximum Gasteiger partial charge on any atom is 0.240 e. The Morgan fingerprint density at radius 1 is 1.59 bits per heavy atom. The molecule has 0 amide bonds. The molecule has 1 rings (SSSR count). The first-order chi connectivity index (χ1) is 8.01. The van der Waals surface area contributed by atoms with Gasteiger partial charge in [-0.3, -0.25) is 0 Å². The van der Waals surface area contributed by atoms with E-state index in [-0.39, 0.29) is 12.2 Å². The Labute approximate surface area is 102 Å². The number of nitrogen functional groups attached to an aromatic ring is 1. The van der Waals surface area contributed by atoms with E-state index in [9.17, 15) is 0 Å². The lowest BCUT2D eigenvalue weighted by Gasteiger charge is -2.10. The Kier molecular flexibility index (Phi) is 4.51. The van der Waals surface area contributed by atoms with Crippen molar-refractivity contribution in [2.45, 2.75) is 39.4 Å². The average Bonchev–Trinajstić information content (AvgIpc) is 2.67. The number of aromatic nitrogens is 2. The number of nitrogens with two attached hydrogens (primary N) is 2. The highest BCUT2D eigenvalue weighted by atomic mass is 16.5. The molecular weight excluding hydrogens is 218 g/mol. The number of methoxy groups -OCH3 is 1. The number of imidazole rings is 1. The molecule has 6 nitrogen and oxygen atoms in total. The van der Waals surface area contributed by atoms with Crippen molar-refractivity contribution in [2.24, 2.45) is 10.7 Å². The van der Waals surface area contributed by atoms with Crippen LogP contribution in [0.15, 0.2) is 11.3 Å². The van der Waals surface area contributed by atoms with E-state index in [0.29, 0.717) is 17.4 Å². The van der Waals surface area contributed by atoms with E-state index >= 15 is 0 Å². The largest absolute Gasteiger partial charge is 0.480 e. The van der Waals surface area contributed by atoms with Crippen LogP contribution < -0.4 is 11.5 Å². The van der Waals surface area contributed by atoms with Gasteiger partial charge in [-0.1, -0.05) is 6.92 Å². The highest BCUT2D eigenvalue weighted by Crippen LogP contribution is 2.17. The predicted molar refractivity (Wildman–Crippen MR) is 68.8 cm³/mol. The molecule has 1 unspecified atom stereocenters. The summed E-state index contributed by atoms with van der Waals surface area (Å²) in [6.07, 6.45) is 2.12. The molecule has 0 aliphatic heterocycles. The number of aliphatic imine (C=N–C) groups is 1. The summed E-state index contributed by atoms with van der Waals surface area (Å²) in [4.78, 5) is 8.46. The van der Waals surface area contributed by atoms with Gasteiger partial charge in [0.15, 0.2) is 5.69 Å². The van der Waals surface area contributed by atoms with E-state index in [2.05, 4.69) is 9.98 Å². The summed E-state index contributed by atoms with van der Waals surface area (Å²) in [6, 6.07) is 0.245. The summed E-state index contributed by atoms with van der Waals surface area (Å²) in [6.45, 7) is 6.02. The van der Waals surface area contributed by atoms with Crippen molar-refractivity contribution in [3.63, 3.8) is 0 Å². The van der Waals surface area contributed by atoms with Crippen molar-refractivity contribution in [3.05, 3.63) is 12.0 Å². The molecule has 6 heteroatoms. The Balaban J connectivity index is 3.09. The SMILES string of the molecule is CCC(N)/N=C(/OC)c1ncn(C(C)C)c1N. The molecule has 0 saturated carbocycles. The number of rotatable bonds is 4. The zero-order valence-corrected chi connectivity index (χ0v) is 10.8. The molecule has 0 spiro atoms. The number of nitrogens with zero attached hydrogens (tertiary/aromatic N) is 3. The molecule has 0 aromatic carbocycles. The van der Waals surface area contributed by atoms with Crippen LogP contribution in [0.25, 0.3) is 0 Å². The van der Waals surface area contributed by atoms with Crippen LogP contribution in [0.2, 0.25) is 0 Å². The van der Waals surface area contributed by atoms with Gasteiger partial charge in [-0.15, -0.1) is 0 Å². The Hall–Kier alpha value is -1.56. The number of hydrogen-bond donors (Lipinski definition) is 2. The Morgan fingerprint density at radius 3 is 2.65 bits per heavy atom. The summed E-state index contributed by atoms with van der Waals surface area (Å²) in [5.74, 6) is 0.931. The smallest absolute Gasteiger partial charge is 0.240 e. The van der Waals surface area contributed by atoms with Crippen LogP contribution in [0.5, 0.6) is 0 Å². The van der Waals surface area contributed by atoms with Gasteiger partial charge in [-0.05, 0) is 20.3 Å². The van der Waals surface area contributed by atoms with Crippen molar-refractivity contribution in [1.82, 2.24) is 9.55 Å². The summed E-state index contributed by atoms with van der Waals surface area (Å²) in [7, 11) is 1.54. The molecule has 96 valence electrons. The fourth-order valence-corrected chi connectivity index (χ4v) is 1.40. The van der Waals surface area contributed by atoms with Crippen LogP contribution in [0, 0.1) is 0 Å². The molecule has 0 bridgehead atoms. The minimum absolute atomic E-state index is 0.245. The second-order valence-electron chi connectivity index (χ2n) is 4.09. The first kappa shape index (κ1) is 13.5. The van der Waals surface area contributed by atoms with Crippen molar-refractivity contribution >= 4 is 11.7 Å². The van der Waals surface area contributed by atoms with E-state index in [1.54, 1.807) is 6.33 Å². The molecule has 0 fully saturated rings. The van der Waals surface area contributed by atoms with Gasteiger partial charge >= 0.3 is 0 Å². The topological polar surface area (TPSA) is 91.5 Å². The minimum Gasteiger partial charge on any atom is -0.480 e. The van der Waals surface area contributed by atoms with Gasteiger partial charge < -0.3 is 20.8 Å². The molecule has 0 aliphatic rings. The van der Waals surface area contributed by atoms with Gasteiger partial charge in [-0.2, -0.15) is 0 Å². The second-order valence-corrected chi connectivity index (χ2v) is 4.09. The Bertz CT molecular complexity index is 397. The fourth-order valence-electron chi connectivity index (χ4n) is 1.40. The minimum atomic E-state index is -0.298. The maximum atomic E-state index is 6.00. The fraction of sp³-hybridized carbons (Fsp3) is 0.636. The Morgan fingerprint density at radius 2 is 2.24 bits per heavy atom. The molecule has 1 atom stereocenters. The predicted octanol–water partition coefficient (Wildman–Crippen LogP) is 1.13. The zero-order chi connectivity index (χ0) is 13.0. The molecular formula is C11H21N5O. The summed E-state index contributed by atoms with van der Waals surface area (Å²) in [5.41, 5.74) is 12.3. The third kappa shape index (κ3) is 2.97. The molecule has 0 aliphatic carbocycles.